The molecule has 0 bridgehead atoms. The molecule has 3 heterocycles. The number of carbonyl (C=O) groups is 1. The molecule has 2 aromatic heterocycles. The van der Waals surface area contributed by atoms with Gasteiger partial charge in [0.2, 0.25) is 0 Å². The largest absolute Gasteiger partial charge is 0.387 e. The molecule has 31 heavy (non-hydrogen) atoms. The molecule has 1 aliphatic rings. The molecule has 1 aliphatic heterocycles. The maximum Gasteiger partial charge on any atom is 0.332 e. The van der Waals surface area contributed by atoms with Crippen LogP contribution in [0.1, 0.15) is 16.6 Å². The highest BCUT2D eigenvalue weighted by Crippen LogP contribution is 2.34. The number of aromatic nitrogens is 4. The van der Waals surface area contributed by atoms with E-state index in [0.717, 1.165) is 24.3 Å². The van der Waals surface area contributed by atoms with E-state index < -0.39 is 51.5 Å². The third kappa shape index (κ3) is 3.64. The van der Waals surface area contributed by atoms with Gasteiger partial charge in [0.15, 0.2) is 23.5 Å². The van der Waals surface area contributed by atoms with Crippen LogP contribution < -0.4 is 5.73 Å². The van der Waals surface area contributed by atoms with Crippen LogP contribution in [-0.2, 0) is 15.0 Å². The Hall–Kier alpha value is -3.04. The molecule has 12 nitrogen and oxygen atoms in total. The fourth-order valence-electron chi connectivity index (χ4n) is 3.33. The molecule has 0 spiro atoms. The Balaban J connectivity index is 1.58. The second-order valence-electron chi connectivity index (χ2n) is 6.83. The van der Waals surface area contributed by atoms with Gasteiger partial charge in [-0.1, -0.05) is 0 Å². The Bertz CT molecular complexity index is 1250. The minimum atomic E-state index is -4.95. The molecule has 1 saturated heterocycles. The SMILES string of the molecule is Nc1ncnc2c1ncn2[C@@H]1O[C@H]([C@@H](O)C(=O)c2ccc(S(=O)(=O)F)cc2)[C@@H](O)[C@H]1O. The lowest BCUT2D eigenvalue weighted by Crippen LogP contribution is -2.42. The zero-order chi connectivity index (χ0) is 22.5. The van der Waals surface area contributed by atoms with Crippen molar-refractivity contribution >= 4 is 33.0 Å². The zero-order valence-electron chi connectivity index (χ0n) is 15.5. The highest BCUT2D eigenvalue weighted by molar-refractivity contribution is 7.86. The van der Waals surface area contributed by atoms with E-state index in [1.807, 2.05) is 0 Å². The summed E-state index contributed by atoms with van der Waals surface area (Å²) in [6.07, 6.45) is -5.49. The number of anilines is 1. The summed E-state index contributed by atoms with van der Waals surface area (Å²) in [5.41, 5.74) is 6.01. The maximum atomic E-state index is 13.0. The summed E-state index contributed by atoms with van der Waals surface area (Å²) >= 11 is 0. The van der Waals surface area contributed by atoms with Gasteiger partial charge in [-0.15, -0.1) is 3.89 Å². The van der Waals surface area contributed by atoms with Crippen LogP contribution in [0.2, 0.25) is 0 Å². The lowest BCUT2D eigenvalue weighted by Gasteiger charge is -2.20. The van der Waals surface area contributed by atoms with Crippen molar-refractivity contribution in [1.29, 1.82) is 0 Å². The molecule has 3 aromatic rings. The number of hydrogen-bond acceptors (Lipinski definition) is 11. The first-order valence-corrected chi connectivity index (χ1v) is 10.2. The van der Waals surface area contributed by atoms with Crippen LogP contribution in [0, 0.1) is 0 Å². The van der Waals surface area contributed by atoms with Crippen molar-refractivity contribution in [3.63, 3.8) is 0 Å². The first kappa shape index (κ1) is 21.2. The lowest BCUT2D eigenvalue weighted by molar-refractivity contribution is -0.0725. The molecule has 0 amide bonds. The second kappa shape index (κ2) is 7.58. The Morgan fingerprint density at radius 1 is 1.16 bits per heavy atom. The quantitative estimate of drug-likeness (QED) is 0.272. The second-order valence-corrected chi connectivity index (χ2v) is 8.17. The van der Waals surface area contributed by atoms with Crippen molar-refractivity contribution in [1.82, 2.24) is 19.5 Å². The van der Waals surface area contributed by atoms with E-state index >= 15 is 0 Å². The zero-order valence-corrected chi connectivity index (χ0v) is 16.3. The number of rotatable bonds is 5. The number of benzene rings is 1. The van der Waals surface area contributed by atoms with E-state index in [-0.39, 0.29) is 22.5 Å². The van der Waals surface area contributed by atoms with Gasteiger partial charge in [0, 0.05) is 5.56 Å². The number of nitrogen functional groups attached to an aromatic ring is 1. The van der Waals surface area contributed by atoms with Crippen LogP contribution in [-0.4, -0.2) is 73.5 Å². The number of carbonyl (C=O) groups excluding carboxylic acids is 1. The van der Waals surface area contributed by atoms with Crippen molar-refractivity contribution in [3.05, 3.63) is 42.5 Å². The van der Waals surface area contributed by atoms with Gasteiger partial charge in [-0.25, -0.2) is 15.0 Å². The van der Waals surface area contributed by atoms with Gasteiger partial charge in [-0.2, -0.15) is 8.42 Å². The molecule has 0 unspecified atom stereocenters. The van der Waals surface area contributed by atoms with Crippen molar-refractivity contribution in [3.8, 4) is 0 Å². The van der Waals surface area contributed by atoms with Crippen LogP contribution >= 0.6 is 0 Å². The molecule has 14 heteroatoms. The fourth-order valence-corrected chi connectivity index (χ4v) is 3.80. The molecule has 0 radical (unpaired) electrons. The van der Waals surface area contributed by atoms with Gasteiger partial charge in [-0.05, 0) is 24.3 Å². The molecule has 0 aliphatic carbocycles. The van der Waals surface area contributed by atoms with Crippen molar-refractivity contribution in [2.75, 3.05) is 5.73 Å². The number of hydrogen-bond donors (Lipinski definition) is 4. The summed E-state index contributed by atoms with van der Waals surface area (Å²) in [4.78, 5) is 23.8. The fraction of sp³-hybridized carbons (Fsp3) is 0.294. The third-order valence-corrected chi connectivity index (χ3v) is 5.77. The molecule has 1 fully saturated rings. The molecule has 4 rings (SSSR count). The number of Topliss-reactive ketones (excluding diaryl/α,β-unsaturated/α-hetero) is 1. The summed E-state index contributed by atoms with van der Waals surface area (Å²) in [5, 5.41) is 31.2. The molecule has 5 atom stereocenters. The normalized spacial score (nSPS) is 25.0. The molecule has 0 saturated carbocycles. The number of ether oxygens (including phenoxy) is 1. The van der Waals surface area contributed by atoms with Crippen LogP contribution in [0.3, 0.4) is 0 Å². The van der Waals surface area contributed by atoms with E-state index in [9.17, 15) is 32.4 Å². The van der Waals surface area contributed by atoms with Crippen LogP contribution in [0.25, 0.3) is 11.2 Å². The van der Waals surface area contributed by atoms with Crippen LogP contribution in [0.5, 0.6) is 0 Å². The standard InChI is InChI=1S/C17H16FN5O7S/c18-31(28,29)8-3-1-7(2-4-8)10(24)11(25)14-12(26)13(27)17(30-14)23-6-22-9-15(19)20-5-21-16(9)23/h1-6,11-14,17,25-27H,(H2,19,20,21)/t11-,12-,13+,14+,17+/m0/s1. The number of imidazole rings is 1. The summed E-state index contributed by atoms with van der Waals surface area (Å²) in [7, 11) is -4.95. The first-order chi connectivity index (χ1) is 14.6. The Morgan fingerprint density at radius 3 is 2.48 bits per heavy atom. The minimum Gasteiger partial charge on any atom is -0.387 e. The average molecular weight is 453 g/mol. The van der Waals surface area contributed by atoms with Gasteiger partial charge in [0.25, 0.3) is 0 Å². The summed E-state index contributed by atoms with van der Waals surface area (Å²) < 4.78 is 41.6. The Labute approximate surface area is 174 Å². The van der Waals surface area contributed by atoms with Gasteiger partial charge >= 0.3 is 10.2 Å². The van der Waals surface area contributed by atoms with Crippen molar-refractivity contribution < 1.29 is 37.2 Å². The van der Waals surface area contributed by atoms with Crippen LogP contribution in [0.4, 0.5) is 9.70 Å². The van der Waals surface area contributed by atoms with Crippen molar-refractivity contribution in [2.45, 2.75) is 35.5 Å². The molecule has 5 N–H and O–H groups in total. The summed E-state index contributed by atoms with van der Waals surface area (Å²) in [6.45, 7) is 0. The smallest absolute Gasteiger partial charge is 0.332 e. The number of nitrogens with zero attached hydrogens (tertiary/aromatic N) is 4. The van der Waals surface area contributed by atoms with E-state index in [1.54, 1.807) is 0 Å². The topological polar surface area (TPSA) is 191 Å². The van der Waals surface area contributed by atoms with E-state index in [1.165, 1.54) is 17.2 Å². The molecular formula is C17H16FN5O7S. The number of aliphatic hydroxyl groups is 3. The van der Waals surface area contributed by atoms with E-state index in [0.29, 0.717) is 0 Å². The van der Waals surface area contributed by atoms with Gasteiger partial charge in [0.1, 0.15) is 36.3 Å². The number of halogens is 1. The summed E-state index contributed by atoms with van der Waals surface area (Å²) in [6, 6.07) is 3.74. The Morgan fingerprint density at radius 2 is 1.84 bits per heavy atom. The highest BCUT2D eigenvalue weighted by atomic mass is 32.3. The van der Waals surface area contributed by atoms with Gasteiger partial charge in [-0.3, -0.25) is 9.36 Å². The predicted molar refractivity (Wildman–Crippen MR) is 101 cm³/mol. The van der Waals surface area contributed by atoms with Crippen LogP contribution in [0.15, 0.2) is 41.8 Å². The third-order valence-electron chi connectivity index (χ3n) is 4.94. The maximum absolute atomic E-state index is 13.0. The number of aliphatic hydroxyl groups excluding tert-OH is 3. The van der Waals surface area contributed by atoms with Gasteiger partial charge < -0.3 is 25.8 Å². The first-order valence-electron chi connectivity index (χ1n) is 8.81. The molecule has 1 aromatic carbocycles. The minimum absolute atomic E-state index is 0.0855. The van der Waals surface area contributed by atoms with Crippen molar-refractivity contribution in [2.24, 2.45) is 0 Å². The molecular weight excluding hydrogens is 437 g/mol. The highest BCUT2D eigenvalue weighted by Gasteiger charge is 2.49. The average Bonchev–Trinajstić information content (AvgIpc) is 3.29. The number of nitrogens with two attached hydrogens (primary N) is 1. The van der Waals surface area contributed by atoms with Gasteiger partial charge in [0.05, 0.1) is 11.2 Å². The summed E-state index contributed by atoms with van der Waals surface area (Å²) in [5.74, 6) is -0.843. The predicted octanol–water partition coefficient (Wildman–Crippen LogP) is -1.07. The monoisotopic (exact) mass is 453 g/mol. The number of ketones is 1. The Kier molecular flexibility index (Phi) is 5.18. The number of fused-ring (bicyclic) bond motifs is 1. The lowest BCUT2D eigenvalue weighted by atomic mass is 9.98. The van der Waals surface area contributed by atoms with E-state index in [4.69, 9.17) is 10.5 Å². The van der Waals surface area contributed by atoms with E-state index in [2.05, 4.69) is 15.0 Å². The molecule has 164 valence electrons.